The molecule has 0 radical (unpaired) electrons. The zero-order chi connectivity index (χ0) is 13.1. The summed E-state index contributed by atoms with van der Waals surface area (Å²) in [6, 6.07) is 0. The fourth-order valence-corrected chi connectivity index (χ4v) is 1.86. The van der Waals surface area contributed by atoms with Gasteiger partial charge in [0.15, 0.2) is 5.13 Å². The van der Waals surface area contributed by atoms with E-state index in [1.807, 2.05) is 0 Å². The van der Waals surface area contributed by atoms with Crippen molar-refractivity contribution in [2.24, 2.45) is 0 Å². The molecule has 0 aliphatic carbocycles. The zero-order valence-corrected chi connectivity index (χ0v) is 11.8. The third-order valence-corrected chi connectivity index (χ3v) is 2.64. The van der Waals surface area contributed by atoms with E-state index in [9.17, 15) is 9.59 Å². The Labute approximate surface area is 110 Å². The molecule has 1 rings (SSSR count). The highest BCUT2D eigenvalue weighted by Gasteiger charge is 2.20. The normalized spacial score (nSPS) is 10.8. The van der Waals surface area contributed by atoms with Crippen LogP contribution in [0.4, 0.5) is 14.7 Å². The Balaban J connectivity index is 2.42. The minimum Gasteiger partial charge on any atom is -0.428 e. The van der Waals surface area contributed by atoms with Gasteiger partial charge in [0, 0.05) is 0 Å². The van der Waals surface area contributed by atoms with Gasteiger partial charge in [-0.1, -0.05) is 11.3 Å². The Bertz CT molecular complexity index is 427. The average molecular weight is 323 g/mol. The molecule has 0 aliphatic rings. The third kappa shape index (κ3) is 5.64. The number of halogens is 1. The van der Waals surface area contributed by atoms with Crippen molar-refractivity contribution in [2.45, 2.75) is 26.4 Å². The number of carbonyl (C=O) groups is 2. The summed E-state index contributed by atoms with van der Waals surface area (Å²) in [5.41, 5.74) is -0.707. The number of nitrogens with zero attached hydrogens (tertiary/aromatic N) is 1. The van der Waals surface area contributed by atoms with Gasteiger partial charge in [-0.25, -0.2) is 14.6 Å². The molecule has 0 saturated heterocycles. The van der Waals surface area contributed by atoms with E-state index in [0.717, 1.165) is 3.79 Å². The number of amides is 1. The summed E-state index contributed by atoms with van der Waals surface area (Å²) >= 11 is 4.38. The highest BCUT2D eigenvalue weighted by atomic mass is 79.9. The molecule has 1 aromatic heterocycles. The van der Waals surface area contributed by atoms with Crippen molar-refractivity contribution >= 4 is 44.6 Å². The first kappa shape index (κ1) is 13.9. The summed E-state index contributed by atoms with van der Waals surface area (Å²) in [6.45, 7) is 5.01. The molecule has 1 N–H and O–H groups in total. The number of hydrogen-bond acceptors (Lipinski definition) is 6. The summed E-state index contributed by atoms with van der Waals surface area (Å²) < 4.78 is 9.94. The second-order valence-corrected chi connectivity index (χ2v) is 6.36. The lowest BCUT2D eigenvalue weighted by molar-refractivity contribution is 0.0112. The Hall–Kier alpha value is -1.15. The van der Waals surface area contributed by atoms with Crippen molar-refractivity contribution < 1.29 is 19.1 Å². The maximum atomic E-state index is 11.2. The molecule has 0 atom stereocenters. The van der Waals surface area contributed by atoms with E-state index in [0.29, 0.717) is 5.13 Å². The molecule has 1 heterocycles. The van der Waals surface area contributed by atoms with E-state index in [1.54, 1.807) is 20.8 Å². The van der Waals surface area contributed by atoms with Gasteiger partial charge in [0.25, 0.3) is 0 Å². The molecule has 1 aromatic rings. The van der Waals surface area contributed by atoms with Crippen LogP contribution in [0.5, 0.6) is 0 Å². The summed E-state index contributed by atoms with van der Waals surface area (Å²) in [5, 5.41) is 2.62. The first-order valence-corrected chi connectivity index (χ1v) is 6.20. The van der Waals surface area contributed by atoms with Crippen molar-refractivity contribution in [3.63, 3.8) is 0 Å². The Morgan fingerprint density at radius 2 is 2.12 bits per heavy atom. The van der Waals surface area contributed by atoms with Crippen LogP contribution in [-0.4, -0.2) is 22.8 Å². The van der Waals surface area contributed by atoms with E-state index in [-0.39, 0.29) is 0 Å². The molecule has 0 spiro atoms. The van der Waals surface area contributed by atoms with Crippen LogP contribution >= 0.6 is 27.3 Å². The van der Waals surface area contributed by atoms with Gasteiger partial charge in [-0.15, -0.1) is 0 Å². The quantitative estimate of drug-likeness (QED) is 0.633. The summed E-state index contributed by atoms with van der Waals surface area (Å²) in [5.74, 6) is 0. The summed E-state index contributed by atoms with van der Waals surface area (Å²) in [4.78, 5) is 26.2. The second-order valence-electron chi connectivity index (χ2n) is 3.95. The lowest BCUT2D eigenvalue weighted by Gasteiger charge is -2.17. The van der Waals surface area contributed by atoms with Gasteiger partial charge in [0.2, 0.25) is 0 Å². The van der Waals surface area contributed by atoms with Gasteiger partial charge < -0.3 is 9.47 Å². The Kier molecular flexibility index (Phi) is 4.47. The van der Waals surface area contributed by atoms with E-state index >= 15 is 0 Å². The number of anilines is 1. The first-order chi connectivity index (χ1) is 7.76. The molecule has 0 saturated carbocycles. The zero-order valence-electron chi connectivity index (χ0n) is 9.44. The van der Waals surface area contributed by atoms with Crippen molar-refractivity contribution in [3.8, 4) is 0 Å². The molecule has 8 heteroatoms. The number of nitrogens with one attached hydrogen (secondary N) is 1. The van der Waals surface area contributed by atoms with Crippen LogP contribution in [0.25, 0.3) is 0 Å². The molecule has 0 fully saturated rings. The predicted molar refractivity (Wildman–Crippen MR) is 66.2 cm³/mol. The van der Waals surface area contributed by atoms with Crippen molar-refractivity contribution in [3.05, 3.63) is 9.98 Å². The summed E-state index contributed by atoms with van der Waals surface area (Å²) in [6.07, 6.45) is -0.458. The monoisotopic (exact) mass is 322 g/mol. The van der Waals surface area contributed by atoms with E-state index in [1.165, 1.54) is 17.5 Å². The molecule has 0 aromatic carbocycles. The van der Waals surface area contributed by atoms with Crippen LogP contribution in [0.2, 0.25) is 0 Å². The lowest BCUT2D eigenvalue weighted by Crippen LogP contribution is -2.27. The smallest absolute Gasteiger partial charge is 0.428 e. The molecule has 17 heavy (non-hydrogen) atoms. The Morgan fingerprint density at radius 3 is 2.59 bits per heavy atom. The van der Waals surface area contributed by atoms with Gasteiger partial charge in [-0.05, 0) is 36.7 Å². The topological polar surface area (TPSA) is 77.5 Å². The minimum absolute atomic E-state index is 0.324. The lowest BCUT2D eigenvalue weighted by atomic mass is 10.2. The maximum absolute atomic E-state index is 11.2. The highest BCUT2D eigenvalue weighted by molar-refractivity contribution is 9.11. The molecule has 0 aliphatic heterocycles. The maximum Gasteiger partial charge on any atom is 0.517 e. The summed E-state index contributed by atoms with van der Waals surface area (Å²) in [7, 11) is 0. The number of rotatable bonds is 1. The van der Waals surface area contributed by atoms with E-state index in [4.69, 9.17) is 4.74 Å². The van der Waals surface area contributed by atoms with Crippen LogP contribution in [0, 0.1) is 0 Å². The van der Waals surface area contributed by atoms with E-state index < -0.39 is 17.8 Å². The molecule has 1 amide bonds. The van der Waals surface area contributed by atoms with Gasteiger partial charge in [0.1, 0.15) is 5.60 Å². The predicted octanol–water partition coefficient (Wildman–Crippen LogP) is 3.39. The molecular formula is C9H11BrN2O4S. The van der Waals surface area contributed by atoms with Crippen LogP contribution in [0.1, 0.15) is 20.8 Å². The SMILES string of the molecule is CC(C)(C)OC(=O)OC(=O)Nc1ncc(Br)s1. The highest BCUT2D eigenvalue weighted by Crippen LogP contribution is 2.23. The second kappa shape index (κ2) is 5.46. The van der Waals surface area contributed by atoms with Crippen molar-refractivity contribution in [1.82, 2.24) is 4.98 Å². The average Bonchev–Trinajstić information content (AvgIpc) is 2.46. The van der Waals surface area contributed by atoms with Crippen LogP contribution in [0.3, 0.4) is 0 Å². The number of ether oxygens (including phenoxy) is 2. The number of hydrogen-bond donors (Lipinski definition) is 1. The third-order valence-electron chi connectivity index (χ3n) is 1.25. The van der Waals surface area contributed by atoms with Gasteiger partial charge in [0.05, 0.1) is 9.98 Å². The molecular weight excluding hydrogens is 312 g/mol. The van der Waals surface area contributed by atoms with Crippen molar-refractivity contribution in [1.29, 1.82) is 0 Å². The molecule has 6 nitrogen and oxygen atoms in total. The molecule has 94 valence electrons. The molecule has 0 bridgehead atoms. The van der Waals surface area contributed by atoms with E-state index in [2.05, 4.69) is 31.0 Å². The van der Waals surface area contributed by atoms with Crippen LogP contribution in [-0.2, 0) is 9.47 Å². The van der Waals surface area contributed by atoms with Gasteiger partial charge in [-0.2, -0.15) is 0 Å². The fraction of sp³-hybridized carbons (Fsp3) is 0.444. The van der Waals surface area contributed by atoms with Gasteiger partial charge in [-0.3, -0.25) is 5.32 Å². The minimum atomic E-state index is -1.05. The number of thiazole rings is 1. The number of aromatic nitrogens is 1. The van der Waals surface area contributed by atoms with Gasteiger partial charge >= 0.3 is 12.2 Å². The van der Waals surface area contributed by atoms with Crippen LogP contribution in [0.15, 0.2) is 9.98 Å². The fourth-order valence-electron chi connectivity index (χ4n) is 0.772. The Morgan fingerprint density at radius 1 is 1.47 bits per heavy atom. The largest absolute Gasteiger partial charge is 0.517 e. The van der Waals surface area contributed by atoms with Crippen molar-refractivity contribution in [2.75, 3.05) is 5.32 Å². The standard InChI is InChI=1S/C9H11BrN2O4S/c1-9(2,3)16-8(14)15-7(13)12-6-11-4-5(10)17-6/h4H,1-3H3,(H,11,12,13). The molecule has 0 unspecified atom stereocenters. The number of carbonyl (C=O) groups excluding carboxylic acids is 2. The first-order valence-electron chi connectivity index (χ1n) is 4.59. The van der Waals surface area contributed by atoms with Crippen LogP contribution < -0.4 is 5.32 Å².